The van der Waals surface area contributed by atoms with Gasteiger partial charge in [-0.3, -0.25) is 0 Å². The Morgan fingerprint density at radius 2 is 0.739 bits per heavy atom. The molecule has 0 amide bonds. The Hall–Kier alpha value is -2.68. The second-order valence-electron chi connectivity index (χ2n) is 10.1. The molecule has 8 nitrogen and oxygen atoms in total. The van der Waals surface area contributed by atoms with Gasteiger partial charge >= 0.3 is 0 Å². The monoisotopic (exact) mass is 702 g/mol. The van der Waals surface area contributed by atoms with E-state index in [1.54, 1.807) is 67.4 Å². The molecular weight excluding hydrogens is 665 g/mol. The largest absolute Gasteiger partial charge is 0.508 e. The van der Waals surface area contributed by atoms with Gasteiger partial charge in [0.2, 0.25) is 0 Å². The number of unbranched alkanes of at least 4 members (excludes halogenated alkanes) is 1. The molecule has 0 bridgehead atoms. The minimum absolute atomic E-state index is 0.140. The van der Waals surface area contributed by atoms with Crippen LogP contribution in [-0.4, -0.2) is 72.3 Å². The fourth-order valence-corrected chi connectivity index (χ4v) is 7.57. The molecule has 0 aliphatic rings. The molecule has 246 valence electrons. The first kappa shape index (κ1) is 36.2. The Labute approximate surface area is 285 Å². The Balaban J connectivity index is 0.962. The lowest BCUT2D eigenvalue weighted by Gasteiger charge is -2.14. The summed E-state index contributed by atoms with van der Waals surface area (Å²) in [6.45, 7) is 1.65. The fourth-order valence-electron chi connectivity index (χ4n) is 3.71. The first-order chi connectivity index (χ1) is 22.4. The zero-order valence-electron chi connectivity index (χ0n) is 25.1. The first-order valence-corrected chi connectivity index (χ1v) is 19.0. The SMILES string of the molecule is Oc1ccc(SSc2ccc(OCC(O)COCCCCOCC(O)COc3ccc(SSc4ccc(O)cc4)cc3)cc2)cc1. The number of phenols is 2. The molecular formula is C34H38O8S4. The Kier molecular flexibility index (Phi) is 16.1. The van der Waals surface area contributed by atoms with Gasteiger partial charge in [0.1, 0.15) is 48.4 Å². The van der Waals surface area contributed by atoms with Crippen molar-refractivity contribution in [2.75, 3.05) is 39.6 Å². The maximum Gasteiger partial charge on any atom is 0.119 e. The van der Waals surface area contributed by atoms with Crippen LogP contribution in [0.3, 0.4) is 0 Å². The van der Waals surface area contributed by atoms with E-state index in [0.29, 0.717) is 24.7 Å². The minimum Gasteiger partial charge on any atom is -0.508 e. The number of rotatable bonds is 21. The van der Waals surface area contributed by atoms with Gasteiger partial charge < -0.3 is 39.4 Å². The third kappa shape index (κ3) is 14.4. The summed E-state index contributed by atoms with van der Waals surface area (Å²) >= 11 is 0. The molecule has 4 N–H and O–H groups in total. The fraction of sp³-hybridized carbons (Fsp3) is 0.294. The van der Waals surface area contributed by atoms with Crippen LogP contribution in [-0.2, 0) is 9.47 Å². The van der Waals surface area contributed by atoms with Crippen molar-refractivity contribution in [3.05, 3.63) is 97.1 Å². The normalized spacial score (nSPS) is 12.5. The maximum atomic E-state index is 10.2. The van der Waals surface area contributed by atoms with Crippen LogP contribution in [0.1, 0.15) is 12.8 Å². The quantitative estimate of drug-likeness (QED) is 0.0504. The van der Waals surface area contributed by atoms with E-state index in [2.05, 4.69) is 0 Å². The summed E-state index contributed by atoms with van der Waals surface area (Å²) in [7, 11) is 6.44. The Morgan fingerprint density at radius 3 is 1.07 bits per heavy atom. The van der Waals surface area contributed by atoms with Crippen molar-refractivity contribution < 1.29 is 39.4 Å². The predicted octanol–water partition coefficient (Wildman–Crippen LogP) is 7.69. The lowest BCUT2D eigenvalue weighted by Crippen LogP contribution is -2.24. The molecule has 12 heteroatoms. The van der Waals surface area contributed by atoms with Crippen LogP contribution in [0.4, 0.5) is 0 Å². The van der Waals surface area contributed by atoms with E-state index in [-0.39, 0.29) is 37.9 Å². The molecule has 0 aromatic heterocycles. The highest BCUT2D eigenvalue weighted by atomic mass is 33.1. The molecule has 2 unspecified atom stereocenters. The standard InChI is InChI=1S/C34H38O8S4/c35-25-3-11-31(12-4-25)43-45-33-15-7-29(8-16-33)41-23-27(37)21-39-19-1-2-20-40-22-28(38)24-42-30-9-17-34(18-10-30)46-44-32-13-5-26(36)6-14-32/h3-18,27-28,35-38H,1-2,19-24H2. The Bertz CT molecular complexity index is 1280. The second-order valence-corrected chi connectivity index (χ2v) is 14.6. The van der Waals surface area contributed by atoms with E-state index in [0.717, 1.165) is 32.4 Å². The number of ether oxygens (including phenoxy) is 4. The molecule has 0 aliphatic heterocycles. The maximum absolute atomic E-state index is 10.2. The van der Waals surface area contributed by atoms with Gasteiger partial charge in [0.25, 0.3) is 0 Å². The van der Waals surface area contributed by atoms with E-state index in [9.17, 15) is 20.4 Å². The van der Waals surface area contributed by atoms with Crippen LogP contribution in [0.15, 0.2) is 117 Å². The predicted molar refractivity (Wildman–Crippen MR) is 186 cm³/mol. The van der Waals surface area contributed by atoms with Crippen molar-refractivity contribution >= 4 is 43.2 Å². The third-order valence-electron chi connectivity index (χ3n) is 6.12. The van der Waals surface area contributed by atoms with Gasteiger partial charge in [0.05, 0.1) is 13.2 Å². The summed E-state index contributed by atoms with van der Waals surface area (Å²) in [4.78, 5) is 4.24. The summed E-state index contributed by atoms with van der Waals surface area (Å²) in [6.07, 6.45) is 0.0861. The molecule has 2 atom stereocenters. The van der Waals surface area contributed by atoms with E-state index in [1.165, 1.54) is 0 Å². The molecule has 0 fully saturated rings. The highest BCUT2D eigenvalue weighted by molar-refractivity contribution is 8.77. The van der Waals surface area contributed by atoms with Crippen LogP contribution < -0.4 is 9.47 Å². The van der Waals surface area contributed by atoms with Crippen LogP contribution in [0.25, 0.3) is 0 Å². The zero-order chi connectivity index (χ0) is 32.4. The zero-order valence-corrected chi connectivity index (χ0v) is 28.4. The lowest BCUT2D eigenvalue weighted by molar-refractivity contribution is 0.000260. The average molecular weight is 703 g/mol. The molecule has 0 spiro atoms. The van der Waals surface area contributed by atoms with E-state index in [4.69, 9.17) is 18.9 Å². The van der Waals surface area contributed by atoms with Crippen molar-refractivity contribution in [3.63, 3.8) is 0 Å². The highest BCUT2D eigenvalue weighted by Crippen LogP contribution is 2.39. The lowest BCUT2D eigenvalue weighted by atomic mass is 10.3. The summed E-state index contributed by atoms with van der Waals surface area (Å²) in [5.74, 6) is 1.86. The Morgan fingerprint density at radius 1 is 0.435 bits per heavy atom. The summed E-state index contributed by atoms with van der Waals surface area (Å²) < 4.78 is 22.5. The molecule has 46 heavy (non-hydrogen) atoms. The number of benzene rings is 4. The van der Waals surface area contributed by atoms with E-state index < -0.39 is 12.2 Å². The summed E-state index contributed by atoms with van der Waals surface area (Å²) in [6, 6.07) is 29.5. The van der Waals surface area contributed by atoms with Gasteiger partial charge in [0.15, 0.2) is 0 Å². The van der Waals surface area contributed by atoms with Crippen LogP contribution in [0, 0.1) is 0 Å². The summed E-state index contributed by atoms with van der Waals surface area (Å²) in [5, 5.41) is 39.1. The average Bonchev–Trinajstić information content (AvgIpc) is 3.08. The topological polar surface area (TPSA) is 118 Å². The molecule has 0 heterocycles. The van der Waals surface area contributed by atoms with E-state index in [1.807, 2.05) is 72.8 Å². The summed E-state index contributed by atoms with van der Waals surface area (Å²) in [5.41, 5.74) is 0. The number of aliphatic hydroxyl groups excluding tert-OH is 2. The van der Waals surface area contributed by atoms with Crippen LogP contribution in [0.5, 0.6) is 23.0 Å². The molecule has 4 rings (SSSR count). The highest BCUT2D eigenvalue weighted by Gasteiger charge is 2.08. The van der Waals surface area contributed by atoms with Gasteiger partial charge in [0, 0.05) is 32.8 Å². The van der Waals surface area contributed by atoms with Gasteiger partial charge in [-0.2, -0.15) is 0 Å². The van der Waals surface area contributed by atoms with Crippen LogP contribution in [0.2, 0.25) is 0 Å². The van der Waals surface area contributed by atoms with Crippen molar-refractivity contribution in [3.8, 4) is 23.0 Å². The second kappa shape index (κ2) is 20.5. The van der Waals surface area contributed by atoms with Gasteiger partial charge in [-0.15, -0.1) is 0 Å². The molecule has 0 aliphatic carbocycles. The van der Waals surface area contributed by atoms with Gasteiger partial charge in [-0.25, -0.2) is 0 Å². The molecule has 0 radical (unpaired) electrons. The minimum atomic E-state index is -0.732. The first-order valence-electron chi connectivity index (χ1n) is 14.7. The van der Waals surface area contributed by atoms with Crippen LogP contribution >= 0.6 is 43.2 Å². The van der Waals surface area contributed by atoms with E-state index >= 15 is 0 Å². The molecule has 4 aromatic carbocycles. The number of phenolic OH excluding ortho intramolecular Hbond substituents is 2. The number of hydrogen-bond acceptors (Lipinski definition) is 12. The van der Waals surface area contributed by atoms with Crippen molar-refractivity contribution in [1.82, 2.24) is 0 Å². The number of aliphatic hydroxyl groups is 2. The van der Waals surface area contributed by atoms with Crippen molar-refractivity contribution in [2.45, 2.75) is 44.6 Å². The third-order valence-corrected chi connectivity index (χ3v) is 11.0. The molecule has 0 saturated carbocycles. The van der Waals surface area contributed by atoms with Gasteiger partial charge in [-0.05, 0) is 110 Å². The number of hydrogen-bond donors (Lipinski definition) is 4. The molecule has 4 aromatic rings. The van der Waals surface area contributed by atoms with Crippen molar-refractivity contribution in [2.24, 2.45) is 0 Å². The van der Waals surface area contributed by atoms with Gasteiger partial charge in [-0.1, -0.05) is 43.2 Å². The molecule has 0 saturated heterocycles. The van der Waals surface area contributed by atoms with Crippen molar-refractivity contribution in [1.29, 1.82) is 0 Å². The number of aromatic hydroxyl groups is 2. The smallest absolute Gasteiger partial charge is 0.119 e.